The maximum atomic E-state index is 12.6. The average molecular weight is 423 g/mol. The van der Waals surface area contributed by atoms with Gasteiger partial charge in [-0.3, -0.25) is 4.79 Å². The van der Waals surface area contributed by atoms with Crippen molar-refractivity contribution in [2.45, 2.75) is 40.0 Å². The minimum atomic E-state index is 0.277. The molecule has 6 heteroatoms. The van der Waals surface area contributed by atoms with Gasteiger partial charge in [0.2, 0.25) is 5.91 Å². The van der Waals surface area contributed by atoms with Crippen molar-refractivity contribution in [1.29, 1.82) is 0 Å². The molecule has 2 unspecified atom stereocenters. The molecule has 1 N–H and O–H groups in total. The number of carbonyl (C=O) groups excluding carboxylic acids is 1. The van der Waals surface area contributed by atoms with Crippen LogP contribution in [0.4, 0.5) is 5.82 Å². The van der Waals surface area contributed by atoms with Gasteiger partial charge in [0.15, 0.2) is 0 Å². The first-order valence-electron chi connectivity index (χ1n) is 10.8. The molecule has 4 rings (SSSR count). The third-order valence-corrected chi connectivity index (χ3v) is 6.82. The second-order valence-corrected chi connectivity index (χ2v) is 9.78. The molecule has 3 heterocycles. The van der Waals surface area contributed by atoms with E-state index in [9.17, 15) is 4.79 Å². The lowest BCUT2D eigenvalue weighted by Gasteiger charge is -2.35. The summed E-state index contributed by atoms with van der Waals surface area (Å²) in [5.41, 5.74) is 2.38. The first kappa shape index (κ1) is 20.8. The summed E-state index contributed by atoms with van der Waals surface area (Å²) in [4.78, 5) is 25.9. The zero-order valence-corrected chi connectivity index (χ0v) is 18.8. The highest BCUT2D eigenvalue weighted by Crippen LogP contribution is 2.40. The van der Waals surface area contributed by atoms with Gasteiger partial charge < -0.3 is 10.2 Å². The maximum absolute atomic E-state index is 12.6. The van der Waals surface area contributed by atoms with Crippen LogP contribution in [0.3, 0.4) is 0 Å². The largest absolute Gasteiger partial charge is 0.369 e. The topological polar surface area (TPSA) is 58.1 Å². The number of aryl methyl sites for hydroxylation is 1. The fourth-order valence-corrected chi connectivity index (χ4v) is 5.61. The van der Waals surface area contributed by atoms with Crippen LogP contribution in [0.5, 0.6) is 0 Å². The quantitative estimate of drug-likeness (QED) is 0.543. The molecule has 1 saturated heterocycles. The highest BCUT2D eigenvalue weighted by atomic mass is 32.1. The number of anilines is 1. The van der Waals surface area contributed by atoms with E-state index in [1.54, 1.807) is 17.7 Å². The molecule has 0 bridgehead atoms. The van der Waals surface area contributed by atoms with Crippen LogP contribution in [0.25, 0.3) is 21.3 Å². The van der Waals surface area contributed by atoms with Crippen molar-refractivity contribution in [2.75, 3.05) is 25.0 Å². The van der Waals surface area contributed by atoms with Gasteiger partial charge in [-0.05, 0) is 37.2 Å². The second-order valence-electron chi connectivity index (χ2n) is 8.58. The van der Waals surface area contributed by atoms with Crippen LogP contribution < -0.4 is 5.32 Å². The van der Waals surface area contributed by atoms with Crippen molar-refractivity contribution >= 4 is 33.3 Å². The Morgan fingerprint density at radius 1 is 1.17 bits per heavy atom. The molecule has 0 spiro atoms. The monoisotopic (exact) mass is 422 g/mol. The smallest absolute Gasteiger partial charge is 0.222 e. The fourth-order valence-electron chi connectivity index (χ4n) is 4.60. The average Bonchev–Trinajstić information content (AvgIpc) is 3.07. The zero-order chi connectivity index (χ0) is 21.1. The minimum absolute atomic E-state index is 0.277. The van der Waals surface area contributed by atoms with E-state index in [1.807, 2.05) is 6.07 Å². The molecule has 1 fully saturated rings. The molecule has 2 atom stereocenters. The van der Waals surface area contributed by atoms with Gasteiger partial charge in [-0.25, -0.2) is 9.97 Å². The molecule has 0 aliphatic carbocycles. The highest BCUT2D eigenvalue weighted by Gasteiger charge is 2.25. The highest BCUT2D eigenvalue weighted by molar-refractivity contribution is 7.19. The molecule has 0 saturated carbocycles. The fraction of sp³-hybridized carbons (Fsp3) is 0.458. The minimum Gasteiger partial charge on any atom is -0.369 e. The number of thiophene rings is 1. The van der Waals surface area contributed by atoms with Crippen molar-refractivity contribution < 1.29 is 4.79 Å². The van der Waals surface area contributed by atoms with Crippen molar-refractivity contribution in [2.24, 2.45) is 11.8 Å². The molecule has 1 amide bonds. The lowest BCUT2D eigenvalue weighted by molar-refractivity contribution is -0.133. The summed E-state index contributed by atoms with van der Waals surface area (Å²) in [5, 5.41) is 4.55. The number of nitrogens with zero attached hydrogens (tertiary/aromatic N) is 3. The predicted octanol–water partition coefficient (Wildman–Crippen LogP) is 5.36. The molecule has 1 aliphatic heterocycles. The number of nitrogens with one attached hydrogen (secondary N) is 1. The summed E-state index contributed by atoms with van der Waals surface area (Å²) < 4.78 is 0. The zero-order valence-electron chi connectivity index (χ0n) is 18.0. The normalized spacial score (nSPS) is 19.2. The van der Waals surface area contributed by atoms with Gasteiger partial charge in [-0.2, -0.15) is 0 Å². The van der Waals surface area contributed by atoms with E-state index in [-0.39, 0.29) is 5.91 Å². The summed E-state index contributed by atoms with van der Waals surface area (Å²) in [6, 6.07) is 10.4. The second kappa shape index (κ2) is 9.13. The van der Waals surface area contributed by atoms with Gasteiger partial charge >= 0.3 is 0 Å². The molecule has 3 aromatic rings. The SMILES string of the molecule is Cc1sc2ncnc(NCCCC(=O)N3CC(C)CC(C)C3)c2c1-c1ccccc1. The number of benzene rings is 1. The van der Waals surface area contributed by atoms with E-state index in [4.69, 9.17) is 0 Å². The van der Waals surface area contributed by atoms with Crippen LogP contribution in [0.2, 0.25) is 0 Å². The Hall–Kier alpha value is -2.47. The number of hydrogen-bond acceptors (Lipinski definition) is 5. The van der Waals surface area contributed by atoms with Crippen molar-refractivity contribution in [3.8, 4) is 11.1 Å². The lowest BCUT2D eigenvalue weighted by atomic mass is 9.91. The van der Waals surface area contributed by atoms with E-state index in [2.05, 4.69) is 65.2 Å². The molecule has 158 valence electrons. The number of carbonyl (C=O) groups is 1. The summed E-state index contributed by atoms with van der Waals surface area (Å²) in [6.45, 7) is 9.14. The molecule has 1 aromatic carbocycles. The summed E-state index contributed by atoms with van der Waals surface area (Å²) >= 11 is 1.70. The van der Waals surface area contributed by atoms with Crippen LogP contribution in [-0.4, -0.2) is 40.4 Å². The number of likely N-dealkylation sites (tertiary alicyclic amines) is 1. The van der Waals surface area contributed by atoms with E-state index < -0.39 is 0 Å². The number of fused-ring (bicyclic) bond motifs is 1. The van der Waals surface area contributed by atoms with Crippen molar-refractivity contribution in [3.63, 3.8) is 0 Å². The number of rotatable bonds is 6. The number of aromatic nitrogens is 2. The van der Waals surface area contributed by atoms with Gasteiger partial charge in [-0.1, -0.05) is 44.2 Å². The summed E-state index contributed by atoms with van der Waals surface area (Å²) in [5.74, 6) is 2.34. The molecule has 0 radical (unpaired) electrons. The Labute approximate surface area is 182 Å². The van der Waals surface area contributed by atoms with E-state index >= 15 is 0 Å². The lowest BCUT2D eigenvalue weighted by Crippen LogP contribution is -2.42. The Morgan fingerprint density at radius 3 is 2.63 bits per heavy atom. The Kier molecular flexibility index (Phi) is 6.32. The number of piperidine rings is 1. The van der Waals surface area contributed by atoms with E-state index in [1.165, 1.54) is 22.4 Å². The van der Waals surface area contributed by atoms with E-state index in [0.717, 1.165) is 42.1 Å². The van der Waals surface area contributed by atoms with Crippen molar-refractivity contribution in [1.82, 2.24) is 14.9 Å². The predicted molar refractivity (Wildman–Crippen MR) is 125 cm³/mol. The first-order chi connectivity index (χ1) is 14.5. The number of amides is 1. The van der Waals surface area contributed by atoms with Crippen LogP contribution in [0, 0.1) is 18.8 Å². The van der Waals surface area contributed by atoms with Crippen LogP contribution in [0.1, 0.15) is 38.0 Å². The van der Waals surface area contributed by atoms with Gasteiger partial charge in [0.25, 0.3) is 0 Å². The van der Waals surface area contributed by atoms with Crippen molar-refractivity contribution in [3.05, 3.63) is 41.5 Å². The van der Waals surface area contributed by atoms with Crippen LogP contribution in [0.15, 0.2) is 36.7 Å². The van der Waals surface area contributed by atoms with Gasteiger partial charge in [0.05, 0.1) is 5.39 Å². The Morgan fingerprint density at radius 2 is 1.90 bits per heavy atom. The Balaban J connectivity index is 1.43. The molecule has 2 aromatic heterocycles. The third-order valence-electron chi connectivity index (χ3n) is 5.81. The van der Waals surface area contributed by atoms with Gasteiger partial charge in [-0.15, -0.1) is 11.3 Å². The number of hydrogen-bond donors (Lipinski definition) is 1. The molecule has 30 heavy (non-hydrogen) atoms. The third kappa shape index (κ3) is 4.48. The maximum Gasteiger partial charge on any atom is 0.222 e. The molecule has 1 aliphatic rings. The van der Waals surface area contributed by atoms with Crippen LogP contribution >= 0.6 is 11.3 Å². The molecular formula is C24H30N4OS. The summed E-state index contributed by atoms with van der Waals surface area (Å²) in [6.07, 6.45) is 4.22. The first-order valence-corrected chi connectivity index (χ1v) is 11.7. The molecular weight excluding hydrogens is 392 g/mol. The van der Waals surface area contributed by atoms with Gasteiger partial charge in [0, 0.05) is 36.5 Å². The molecule has 5 nitrogen and oxygen atoms in total. The van der Waals surface area contributed by atoms with E-state index in [0.29, 0.717) is 18.3 Å². The van der Waals surface area contributed by atoms with Gasteiger partial charge in [0.1, 0.15) is 17.0 Å². The standard InChI is InChI=1S/C24H30N4OS/c1-16-12-17(2)14-28(13-16)20(29)10-7-11-25-23-22-21(19-8-5-4-6-9-19)18(3)30-24(22)27-15-26-23/h4-6,8-9,15-17H,7,10-14H2,1-3H3,(H,25,26,27). The summed E-state index contributed by atoms with van der Waals surface area (Å²) in [7, 11) is 0. The van der Waals surface area contributed by atoms with Crippen LogP contribution in [-0.2, 0) is 4.79 Å². The Bertz CT molecular complexity index is 1010.